The van der Waals surface area contributed by atoms with Crippen molar-refractivity contribution < 1.29 is 19.1 Å². The second kappa shape index (κ2) is 8.95. The fraction of sp³-hybridized carbons (Fsp3) is 0.857. The van der Waals surface area contributed by atoms with Crippen molar-refractivity contribution in [3.05, 3.63) is 0 Å². The number of ether oxygens (including phenoxy) is 2. The van der Waals surface area contributed by atoms with Crippen LogP contribution < -0.4 is 0 Å². The first-order chi connectivity index (χ1) is 8.49. The number of rotatable bonds is 8. The van der Waals surface area contributed by atoms with Crippen LogP contribution in [0.5, 0.6) is 0 Å². The monoisotopic (exact) mass is 258 g/mol. The largest absolute Gasteiger partial charge is 0.466 e. The van der Waals surface area contributed by atoms with Gasteiger partial charge in [-0.15, -0.1) is 0 Å². The predicted octanol–water partition coefficient (Wildman–Crippen LogP) is 2.80. The fourth-order valence-corrected chi connectivity index (χ4v) is 2.14. The van der Waals surface area contributed by atoms with Gasteiger partial charge < -0.3 is 9.47 Å². The summed E-state index contributed by atoms with van der Waals surface area (Å²) in [6.45, 7) is 10.1. The van der Waals surface area contributed by atoms with Crippen LogP contribution in [0.4, 0.5) is 0 Å². The molecule has 0 saturated heterocycles. The van der Waals surface area contributed by atoms with E-state index in [2.05, 4.69) is 0 Å². The van der Waals surface area contributed by atoms with Crippen LogP contribution in [0.3, 0.4) is 0 Å². The van der Waals surface area contributed by atoms with E-state index < -0.39 is 11.8 Å². The zero-order chi connectivity index (χ0) is 14.1. The molecule has 0 aliphatic carbocycles. The second-order valence-corrected chi connectivity index (χ2v) is 4.67. The van der Waals surface area contributed by atoms with E-state index in [9.17, 15) is 9.59 Å². The molecule has 0 N–H and O–H groups in total. The molecule has 18 heavy (non-hydrogen) atoms. The Hall–Kier alpha value is -1.06. The minimum atomic E-state index is -0.413. The predicted molar refractivity (Wildman–Crippen MR) is 70.0 cm³/mol. The number of carbonyl (C=O) groups excluding carboxylic acids is 2. The van der Waals surface area contributed by atoms with Gasteiger partial charge in [0.25, 0.3) is 0 Å². The van der Waals surface area contributed by atoms with Gasteiger partial charge in [0, 0.05) is 0 Å². The van der Waals surface area contributed by atoms with Gasteiger partial charge in [0.1, 0.15) is 0 Å². The minimum Gasteiger partial charge on any atom is -0.466 e. The summed E-state index contributed by atoms with van der Waals surface area (Å²) in [6.07, 6.45) is 1.49. The Bertz CT molecular complexity index is 261. The van der Waals surface area contributed by atoms with Gasteiger partial charge in [0.2, 0.25) is 0 Å². The van der Waals surface area contributed by atoms with E-state index in [-0.39, 0.29) is 17.9 Å². The van der Waals surface area contributed by atoms with Crippen molar-refractivity contribution in [2.45, 2.75) is 47.5 Å². The summed E-state index contributed by atoms with van der Waals surface area (Å²) in [7, 11) is 0. The van der Waals surface area contributed by atoms with Crippen LogP contribution in [0.25, 0.3) is 0 Å². The molecule has 0 aliphatic heterocycles. The van der Waals surface area contributed by atoms with Gasteiger partial charge in [0.15, 0.2) is 0 Å². The van der Waals surface area contributed by atoms with Gasteiger partial charge in [0.05, 0.1) is 25.0 Å². The van der Waals surface area contributed by atoms with Gasteiger partial charge in [-0.2, -0.15) is 0 Å². The van der Waals surface area contributed by atoms with Gasteiger partial charge in [-0.3, -0.25) is 9.59 Å². The molecule has 4 nitrogen and oxygen atoms in total. The maximum Gasteiger partial charge on any atom is 0.310 e. The van der Waals surface area contributed by atoms with E-state index in [1.807, 2.05) is 20.8 Å². The summed E-state index contributed by atoms with van der Waals surface area (Å²) in [5.74, 6) is -1.33. The van der Waals surface area contributed by atoms with Gasteiger partial charge in [-0.05, 0) is 26.2 Å². The van der Waals surface area contributed by atoms with Crippen LogP contribution >= 0.6 is 0 Å². The fourth-order valence-electron chi connectivity index (χ4n) is 2.14. The van der Waals surface area contributed by atoms with E-state index in [1.54, 1.807) is 13.8 Å². The van der Waals surface area contributed by atoms with Crippen molar-refractivity contribution in [3.63, 3.8) is 0 Å². The van der Waals surface area contributed by atoms with E-state index in [4.69, 9.17) is 9.47 Å². The quantitative estimate of drug-likeness (QED) is 0.628. The zero-order valence-corrected chi connectivity index (χ0v) is 12.2. The Labute approximate surface area is 110 Å². The summed E-state index contributed by atoms with van der Waals surface area (Å²) in [4.78, 5) is 23.9. The second-order valence-electron chi connectivity index (χ2n) is 4.67. The minimum absolute atomic E-state index is 0.0602. The van der Waals surface area contributed by atoms with Crippen LogP contribution in [-0.4, -0.2) is 25.2 Å². The van der Waals surface area contributed by atoms with Gasteiger partial charge in [-0.25, -0.2) is 0 Å². The Kier molecular flexibility index (Phi) is 8.42. The molecule has 0 bridgehead atoms. The van der Waals surface area contributed by atoms with E-state index >= 15 is 0 Å². The summed E-state index contributed by atoms with van der Waals surface area (Å²) >= 11 is 0. The van der Waals surface area contributed by atoms with Crippen LogP contribution in [0.15, 0.2) is 0 Å². The lowest BCUT2D eigenvalue weighted by Crippen LogP contribution is -2.36. The molecule has 106 valence electrons. The molecule has 2 unspecified atom stereocenters. The highest BCUT2D eigenvalue weighted by Gasteiger charge is 2.37. The first-order valence-corrected chi connectivity index (χ1v) is 6.82. The van der Waals surface area contributed by atoms with E-state index in [1.165, 1.54) is 0 Å². The number of esters is 2. The third-order valence-corrected chi connectivity index (χ3v) is 2.90. The highest BCUT2D eigenvalue weighted by Crippen LogP contribution is 2.27. The Morgan fingerprint density at radius 3 is 1.83 bits per heavy atom. The summed E-state index contributed by atoms with van der Waals surface area (Å²) in [6, 6.07) is 0. The summed E-state index contributed by atoms with van der Waals surface area (Å²) in [5.41, 5.74) is 0. The molecule has 4 heteroatoms. The first-order valence-electron chi connectivity index (χ1n) is 6.82. The molecule has 0 radical (unpaired) electrons. The maximum atomic E-state index is 12.0. The number of carbonyl (C=O) groups is 2. The summed E-state index contributed by atoms with van der Waals surface area (Å²) < 4.78 is 10.1. The van der Waals surface area contributed by atoms with Crippen LogP contribution in [0.1, 0.15) is 47.5 Å². The van der Waals surface area contributed by atoms with Crippen LogP contribution in [0, 0.1) is 17.8 Å². The molecule has 2 atom stereocenters. The molecule has 0 fully saturated rings. The third-order valence-electron chi connectivity index (χ3n) is 2.90. The lowest BCUT2D eigenvalue weighted by molar-refractivity contribution is -0.162. The molecular weight excluding hydrogens is 232 g/mol. The Balaban J connectivity index is 4.97. The molecular formula is C14H26O4. The Morgan fingerprint density at radius 2 is 1.44 bits per heavy atom. The molecule has 0 amide bonds. The zero-order valence-electron chi connectivity index (χ0n) is 12.2. The van der Waals surface area contributed by atoms with Crippen molar-refractivity contribution in [2.24, 2.45) is 17.8 Å². The number of hydrogen-bond acceptors (Lipinski definition) is 4. The normalized spacial score (nSPS) is 14.1. The standard InChI is InChI=1S/C14H26O4/c1-6-9-11(13(15)17-7-2)12(10(4)5)14(16)18-8-3/h10-12H,6-9H2,1-5H3. The molecule has 0 aromatic carbocycles. The SMILES string of the molecule is CCCC(C(=O)OCC)C(C(=O)OCC)C(C)C. The molecule has 0 aromatic rings. The van der Waals surface area contributed by atoms with Crippen molar-refractivity contribution in [3.8, 4) is 0 Å². The average Bonchev–Trinajstić information content (AvgIpc) is 2.28. The topological polar surface area (TPSA) is 52.6 Å². The molecule has 0 saturated carbocycles. The van der Waals surface area contributed by atoms with Crippen LogP contribution in [-0.2, 0) is 19.1 Å². The highest BCUT2D eigenvalue weighted by molar-refractivity contribution is 5.82. The van der Waals surface area contributed by atoms with E-state index in [0.717, 1.165) is 6.42 Å². The van der Waals surface area contributed by atoms with E-state index in [0.29, 0.717) is 19.6 Å². The lowest BCUT2D eigenvalue weighted by Gasteiger charge is -2.26. The molecule has 0 spiro atoms. The molecule has 0 aliphatic rings. The van der Waals surface area contributed by atoms with Gasteiger partial charge >= 0.3 is 11.9 Å². The summed E-state index contributed by atoms with van der Waals surface area (Å²) in [5, 5.41) is 0. The van der Waals surface area contributed by atoms with Crippen LogP contribution in [0.2, 0.25) is 0 Å². The first kappa shape index (κ1) is 16.9. The molecule has 0 rings (SSSR count). The Morgan fingerprint density at radius 1 is 0.944 bits per heavy atom. The number of hydrogen-bond donors (Lipinski definition) is 0. The highest BCUT2D eigenvalue weighted by atomic mass is 16.5. The average molecular weight is 258 g/mol. The van der Waals surface area contributed by atoms with Crippen molar-refractivity contribution >= 4 is 11.9 Å². The van der Waals surface area contributed by atoms with Gasteiger partial charge in [-0.1, -0.05) is 27.2 Å². The molecule has 0 heterocycles. The van der Waals surface area contributed by atoms with Crippen molar-refractivity contribution in [1.82, 2.24) is 0 Å². The maximum absolute atomic E-state index is 12.0. The van der Waals surface area contributed by atoms with Crippen molar-refractivity contribution in [2.75, 3.05) is 13.2 Å². The third kappa shape index (κ3) is 5.07. The van der Waals surface area contributed by atoms with Crippen molar-refractivity contribution in [1.29, 1.82) is 0 Å². The molecule has 0 aromatic heterocycles. The smallest absolute Gasteiger partial charge is 0.310 e. The lowest BCUT2D eigenvalue weighted by atomic mass is 9.81.